The summed E-state index contributed by atoms with van der Waals surface area (Å²) in [6.07, 6.45) is 3.87. The van der Waals surface area contributed by atoms with Crippen LogP contribution in [0.5, 0.6) is 5.75 Å². The highest BCUT2D eigenvalue weighted by Gasteiger charge is 1.97. The van der Waals surface area contributed by atoms with Crippen molar-refractivity contribution in [2.45, 2.75) is 0 Å². The number of benzene rings is 1. The monoisotopic (exact) mass is 193 g/mol. The molecule has 1 aromatic heterocycles. The van der Waals surface area contributed by atoms with E-state index in [-0.39, 0.29) is 10.8 Å². The third kappa shape index (κ3) is 1.75. The van der Waals surface area contributed by atoms with Gasteiger partial charge in [-0.3, -0.25) is 0 Å². The molecule has 1 heterocycles. The largest absolute Gasteiger partial charge is 0.435 e. The second-order valence-corrected chi connectivity index (χ2v) is 4.20. The Kier molecular flexibility index (Phi) is 2.10. The smallest absolute Gasteiger partial charge is 0.137 e. The Hall–Kier alpha value is -1.22. The Bertz CT molecular complexity index is 447. The number of fused-ring (bicyclic) bond motifs is 1. The fourth-order valence-electron chi connectivity index (χ4n) is 1.25. The first kappa shape index (κ1) is 8.38. The van der Waals surface area contributed by atoms with E-state index >= 15 is 0 Å². The number of rotatable bonds is 2. The minimum Gasteiger partial charge on any atom is -0.435 e. The van der Waals surface area contributed by atoms with Gasteiger partial charge in [0.15, 0.2) is 0 Å². The van der Waals surface area contributed by atoms with Crippen molar-refractivity contribution < 1.29 is 4.18 Å². The van der Waals surface area contributed by atoms with E-state index in [2.05, 4.69) is 10.9 Å². The van der Waals surface area contributed by atoms with Crippen LogP contribution >= 0.6 is 10.8 Å². The van der Waals surface area contributed by atoms with E-state index in [0.717, 1.165) is 11.3 Å². The molecule has 2 rings (SSSR count). The van der Waals surface area contributed by atoms with Gasteiger partial charge >= 0.3 is 0 Å². The Morgan fingerprint density at radius 2 is 2.23 bits per heavy atom. The molecule has 2 nitrogen and oxygen atoms in total. The lowest BCUT2D eigenvalue weighted by Crippen LogP contribution is -1.81. The number of hydrogen-bond acceptors (Lipinski definition) is 1. The van der Waals surface area contributed by atoms with E-state index in [9.17, 15) is 0 Å². The van der Waals surface area contributed by atoms with Gasteiger partial charge in [0, 0.05) is 23.4 Å². The molecule has 13 heavy (non-hydrogen) atoms. The minimum atomic E-state index is -0.258. The van der Waals surface area contributed by atoms with Gasteiger partial charge in [0.05, 0.1) is 0 Å². The zero-order valence-electron chi connectivity index (χ0n) is 7.41. The third-order valence-electron chi connectivity index (χ3n) is 1.76. The summed E-state index contributed by atoms with van der Waals surface area (Å²) in [5.74, 6) is 4.68. The highest BCUT2D eigenvalue weighted by molar-refractivity contribution is 8.09. The summed E-state index contributed by atoms with van der Waals surface area (Å²) in [6.45, 7) is 0. The molecule has 0 fully saturated rings. The highest BCUT2D eigenvalue weighted by Crippen LogP contribution is 2.23. The van der Waals surface area contributed by atoms with Crippen LogP contribution in [0.1, 0.15) is 0 Å². The van der Waals surface area contributed by atoms with Crippen molar-refractivity contribution in [3.05, 3.63) is 30.5 Å². The number of aromatic nitrogens is 1. The van der Waals surface area contributed by atoms with Crippen LogP contribution < -0.4 is 4.18 Å². The molecule has 0 saturated carbocycles. The molecule has 1 unspecified atom stereocenters. The average molecular weight is 193 g/mol. The molecular formula is C10H11NOS. The maximum Gasteiger partial charge on any atom is 0.137 e. The summed E-state index contributed by atoms with van der Waals surface area (Å²) in [4.78, 5) is 3.13. The zero-order chi connectivity index (χ0) is 9.26. The van der Waals surface area contributed by atoms with Crippen LogP contribution in [-0.4, -0.2) is 17.1 Å². The van der Waals surface area contributed by atoms with Crippen LogP contribution in [0.2, 0.25) is 0 Å². The van der Waals surface area contributed by atoms with Gasteiger partial charge in [-0.25, -0.2) is 0 Å². The summed E-state index contributed by atoms with van der Waals surface area (Å²) in [7, 11) is -0.258. The SMILES string of the molecule is C=S(C)Oc1ccc2[nH]ccc2c1. The Labute approximate surface area is 79.7 Å². The number of aromatic amines is 1. The first-order valence-electron chi connectivity index (χ1n) is 3.97. The molecule has 1 atom stereocenters. The van der Waals surface area contributed by atoms with E-state index in [4.69, 9.17) is 4.18 Å². The third-order valence-corrected chi connectivity index (χ3v) is 2.24. The number of hydrogen-bond donors (Lipinski definition) is 1. The topological polar surface area (TPSA) is 25.0 Å². The second-order valence-electron chi connectivity index (χ2n) is 2.88. The predicted molar refractivity (Wildman–Crippen MR) is 59.6 cm³/mol. The molecule has 0 aliphatic carbocycles. The summed E-state index contributed by atoms with van der Waals surface area (Å²) < 4.78 is 5.49. The number of H-pyrrole nitrogens is 1. The lowest BCUT2D eigenvalue weighted by atomic mass is 10.2. The van der Waals surface area contributed by atoms with Gasteiger partial charge in [-0.1, -0.05) is 0 Å². The van der Waals surface area contributed by atoms with Crippen LogP contribution in [0, 0.1) is 0 Å². The molecule has 0 spiro atoms. The molecule has 1 aromatic carbocycles. The first-order valence-corrected chi connectivity index (χ1v) is 5.69. The van der Waals surface area contributed by atoms with Crippen LogP contribution in [0.4, 0.5) is 0 Å². The summed E-state index contributed by atoms with van der Waals surface area (Å²) in [6, 6.07) is 8.00. The maximum absolute atomic E-state index is 5.49. The van der Waals surface area contributed by atoms with Crippen LogP contribution in [0.25, 0.3) is 10.9 Å². The Morgan fingerprint density at radius 3 is 3.00 bits per heavy atom. The quantitative estimate of drug-likeness (QED) is 0.729. The molecule has 0 saturated heterocycles. The van der Waals surface area contributed by atoms with Gasteiger partial charge in [-0.2, -0.15) is 0 Å². The molecule has 3 heteroatoms. The van der Waals surface area contributed by atoms with Crippen molar-refractivity contribution in [3.63, 3.8) is 0 Å². The maximum atomic E-state index is 5.49. The van der Waals surface area contributed by atoms with Gasteiger partial charge in [0.25, 0.3) is 0 Å². The fraction of sp³-hybridized carbons (Fsp3) is 0.100. The van der Waals surface area contributed by atoms with Crippen LogP contribution in [0.3, 0.4) is 0 Å². The Balaban J connectivity index is 2.42. The van der Waals surface area contributed by atoms with Crippen molar-refractivity contribution in [2.75, 3.05) is 6.26 Å². The highest BCUT2D eigenvalue weighted by atomic mass is 32.2. The van der Waals surface area contributed by atoms with Gasteiger partial charge in [0.2, 0.25) is 0 Å². The van der Waals surface area contributed by atoms with Gasteiger partial charge < -0.3 is 9.17 Å². The summed E-state index contributed by atoms with van der Waals surface area (Å²) in [5.41, 5.74) is 1.13. The minimum absolute atomic E-state index is 0.258. The van der Waals surface area contributed by atoms with E-state index < -0.39 is 0 Å². The molecule has 0 amide bonds. The summed E-state index contributed by atoms with van der Waals surface area (Å²) in [5, 5.41) is 1.17. The van der Waals surface area contributed by atoms with Crippen molar-refractivity contribution in [1.29, 1.82) is 0 Å². The standard InChI is InChI=1S/C10H11NOS/c1-13(2)12-9-3-4-10-8(7-9)5-6-11-10/h3-7,11H,1H2,2H3. The van der Waals surface area contributed by atoms with E-state index in [1.54, 1.807) is 0 Å². The molecule has 0 bridgehead atoms. The van der Waals surface area contributed by atoms with Crippen molar-refractivity contribution in [3.8, 4) is 5.75 Å². The summed E-state index contributed by atoms with van der Waals surface area (Å²) >= 11 is 0. The average Bonchev–Trinajstić information content (AvgIpc) is 2.49. The number of nitrogens with one attached hydrogen (secondary N) is 1. The van der Waals surface area contributed by atoms with Crippen LogP contribution in [0.15, 0.2) is 30.5 Å². The zero-order valence-corrected chi connectivity index (χ0v) is 8.23. The normalized spacial score (nSPS) is 13.0. The first-order chi connectivity index (χ1) is 6.25. The molecule has 0 aliphatic heterocycles. The molecule has 68 valence electrons. The molecule has 0 aliphatic rings. The van der Waals surface area contributed by atoms with E-state index in [0.29, 0.717) is 0 Å². The predicted octanol–water partition coefficient (Wildman–Crippen LogP) is 2.79. The van der Waals surface area contributed by atoms with Gasteiger partial charge in [-0.05, 0) is 40.9 Å². The molecule has 1 N–H and O–H groups in total. The van der Waals surface area contributed by atoms with Crippen molar-refractivity contribution in [1.82, 2.24) is 4.98 Å². The van der Waals surface area contributed by atoms with Gasteiger partial charge in [-0.15, -0.1) is 0 Å². The van der Waals surface area contributed by atoms with Crippen LogP contribution in [-0.2, 0) is 0 Å². The van der Waals surface area contributed by atoms with Crippen molar-refractivity contribution >= 4 is 27.5 Å². The molecule has 2 aromatic rings. The van der Waals surface area contributed by atoms with Crippen molar-refractivity contribution in [2.24, 2.45) is 0 Å². The molecule has 0 radical (unpaired) electrons. The lowest BCUT2D eigenvalue weighted by molar-refractivity contribution is 0.649. The van der Waals surface area contributed by atoms with E-state index in [1.807, 2.05) is 36.7 Å². The fourth-order valence-corrected chi connectivity index (χ4v) is 1.68. The lowest BCUT2D eigenvalue weighted by Gasteiger charge is -2.04. The second kappa shape index (κ2) is 3.26. The van der Waals surface area contributed by atoms with E-state index in [1.165, 1.54) is 5.39 Å². The molecular weight excluding hydrogens is 182 g/mol. The Morgan fingerprint density at radius 1 is 1.38 bits per heavy atom. The van der Waals surface area contributed by atoms with Gasteiger partial charge in [0.1, 0.15) is 5.75 Å².